The molecule has 0 saturated carbocycles. The number of carboxylic acids is 1. The Hall–Kier alpha value is -2.52. The minimum Gasteiger partial charge on any atom is -0.478 e. The molecule has 1 aliphatic heterocycles. The number of hydrogen-bond acceptors (Lipinski definition) is 4. The van der Waals surface area contributed by atoms with Crippen molar-refractivity contribution in [1.29, 1.82) is 0 Å². The van der Waals surface area contributed by atoms with Gasteiger partial charge in [-0.3, -0.25) is 0 Å². The largest absolute Gasteiger partial charge is 0.478 e. The summed E-state index contributed by atoms with van der Waals surface area (Å²) in [5, 5.41) is 9.35. The van der Waals surface area contributed by atoms with Crippen LogP contribution in [0.3, 0.4) is 0 Å². The van der Waals surface area contributed by atoms with Crippen molar-refractivity contribution >= 4 is 16.0 Å². The highest BCUT2D eigenvalue weighted by atomic mass is 32.2. The lowest BCUT2D eigenvalue weighted by molar-refractivity contribution is -0.145. The first-order valence-electron chi connectivity index (χ1n) is 7.73. The molecule has 1 unspecified atom stereocenters. The summed E-state index contributed by atoms with van der Waals surface area (Å²) in [6.45, 7) is 0.906. The lowest BCUT2D eigenvalue weighted by Gasteiger charge is -2.29. The number of aliphatic carboxylic acids is 1. The van der Waals surface area contributed by atoms with E-state index in [1.165, 1.54) is 28.6 Å². The van der Waals surface area contributed by atoms with Crippen LogP contribution in [0, 0.1) is 11.6 Å². The zero-order valence-electron chi connectivity index (χ0n) is 13.4. The van der Waals surface area contributed by atoms with Crippen molar-refractivity contribution in [2.24, 2.45) is 0 Å². The Morgan fingerprint density at radius 3 is 2.27 bits per heavy atom. The highest BCUT2D eigenvalue weighted by Crippen LogP contribution is 2.27. The van der Waals surface area contributed by atoms with E-state index in [4.69, 9.17) is 4.74 Å². The summed E-state index contributed by atoms with van der Waals surface area (Å²) >= 11 is 0. The molecule has 2 aromatic rings. The molecule has 9 heteroatoms. The van der Waals surface area contributed by atoms with E-state index in [1.54, 1.807) is 0 Å². The molecule has 1 saturated heterocycles. The van der Waals surface area contributed by atoms with E-state index in [0.29, 0.717) is 19.2 Å². The maximum Gasteiger partial charge on any atom is 0.349 e. The van der Waals surface area contributed by atoms with Gasteiger partial charge in [0.25, 0.3) is 0 Å². The molecular weight excluding hydrogens is 368 g/mol. The van der Waals surface area contributed by atoms with Gasteiger partial charge in [-0.2, -0.15) is 4.31 Å². The zero-order chi connectivity index (χ0) is 18.9. The van der Waals surface area contributed by atoms with Gasteiger partial charge < -0.3 is 9.84 Å². The summed E-state index contributed by atoms with van der Waals surface area (Å²) in [5.74, 6) is -3.67. The highest BCUT2D eigenvalue weighted by Gasteiger charge is 2.30. The summed E-state index contributed by atoms with van der Waals surface area (Å²) in [4.78, 5) is 11.5. The SMILES string of the molecule is O=C(O)C(Oc1ccc(F)cc1F)c1ccc(S(=O)(=O)N2CCC2)cc1. The molecule has 0 aliphatic carbocycles. The molecule has 0 aromatic heterocycles. The van der Waals surface area contributed by atoms with Gasteiger partial charge in [0.05, 0.1) is 4.90 Å². The number of sulfonamides is 1. The number of carboxylic acid groups (broad SMARTS) is 1. The summed E-state index contributed by atoms with van der Waals surface area (Å²) in [7, 11) is -3.59. The number of benzene rings is 2. The van der Waals surface area contributed by atoms with Crippen molar-refractivity contribution in [3.63, 3.8) is 0 Å². The van der Waals surface area contributed by atoms with E-state index < -0.39 is 39.5 Å². The molecular formula is C17H15F2NO5S. The lowest BCUT2D eigenvalue weighted by Crippen LogP contribution is -2.41. The molecule has 26 heavy (non-hydrogen) atoms. The molecule has 1 fully saturated rings. The fraction of sp³-hybridized carbons (Fsp3) is 0.235. The van der Waals surface area contributed by atoms with Crippen molar-refractivity contribution < 1.29 is 31.8 Å². The van der Waals surface area contributed by atoms with Crippen LogP contribution in [-0.2, 0) is 14.8 Å². The summed E-state index contributed by atoms with van der Waals surface area (Å²) in [6.07, 6.45) is -0.772. The lowest BCUT2D eigenvalue weighted by atomic mass is 10.1. The highest BCUT2D eigenvalue weighted by molar-refractivity contribution is 7.89. The molecule has 1 heterocycles. The second-order valence-corrected chi connectivity index (χ2v) is 7.68. The Bertz CT molecular complexity index is 927. The number of nitrogens with zero attached hydrogens (tertiary/aromatic N) is 1. The zero-order valence-corrected chi connectivity index (χ0v) is 14.2. The average molecular weight is 383 g/mol. The van der Waals surface area contributed by atoms with Crippen molar-refractivity contribution in [1.82, 2.24) is 4.31 Å². The maximum absolute atomic E-state index is 13.7. The first-order chi connectivity index (χ1) is 12.3. The molecule has 0 radical (unpaired) electrons. The van der Waals surface area contributed by atoms with Gasteiger partial charge in [0.2, 0.25) is 16.1 Å². The number of ether oxygens (including phenoxy) is 1. The van der Waals surface area contributed by atoms with Gasteiger partial charge in [0.15, 0.2) is 11.6 Å². The monoisotopic (exact) mass is 383 g/mol. The number of hydrogen-bond donors (Lipinski definition) is 1. The Morgan fingerprint density at radius 1 is 1.12 bits per heavy atom. The molecule has 2 aromatic carbocycles. The van der Waals surface area contributed by atoms with Crippen LogP contribution in [0.5, 0.6) is 5.75 Å². The van der Waals surface area contributed by atoms with Gasteiger partial charge in [-0.05, 0) is 30.7 Å². The fourth-order valence-corrected chi connectivity index (χ4v) is 3.97. The third kappa shape index (κ3) is 3.54. The van der Waals surface area contributed by atoms with Crippen LogP contribution < -0.4 is 4.74 Å². The smallest absolute Gasteiger partial charge is 0.349 e. The first-order valence-corrected chi connectivity index (χ1v) is 9.17. The molecule has 1 N–H and O–H groups in total. The van der Waals surface area contributed by atoms with E-state index in [-0.39, 0.29) is 10.5 Å². The quantitative estimate of drug-likeness (QED) is 0.829. The molecule has 3 rings (SSSR count). The summed E-state index contributed by atoms with van der Waals surface area (Å²) in [5.41, 5.74) is 0.129. The Morgan fingerprint density at radius 2 is 1.77 bits per heavy atom. The van der Waals surface area contributed by atoms with Gasteiger partial charge >= 0.3 is 5.97 Å². The minimum atomic E-state index is -3.59. The number of halogens is 2. The predicted octanol–water partition coefficient (Wildman–Crippen LogP) is 2.56. The van der Waals surface area contributed by atoms with Gasteiger partial charge in [-0.1, -0.05) is 12.1 Å². The van der Waals surface area contributed by atoms with E-state index in [2.05, 4.69) is 0 Å². The Labute approximate surface area is 148 Å². The Kier molecular flexibility index (Phi) is 4.92. The van der Waals surface area contributed by atoms with Crippen LogP contribution in [0.2, 0.25) is 0 Å². The van der Waals surface area contributed by atoms with Crippen LogP contribution >= 0.6 is 0 Å². The maximum atomic E-state index is 13.7. The van der Waals surface area contributed by atoms with E-state index in [1.807, 2.05) is 0 Å². The number of rotatable bonds is 6. The van der Waals surface area contributed by atoms with E-state index in [0.717, 1.165) is 18.6 Å². The molecule has 0 amide bonds. The van der Waals surface area contributed by atoms with Crippen LogP contribution in [0.4, 0.5) is 8.78 Å². The molecule has 0 bridgehead atoms. The van der Waals surface area contributed by atoms with E-state index >= 15 is 0 Å². The average Bonchev–Trinajstić information content (AvgIpc) is 2.52. The van der Waals surface area contributed by atoms with Crippen LogP contribution in [0.1, 0.15) is 18.1 Å². The summed E-state index contributed by atoms with van der Waals surface area (Å²) < 4.78 is 57.7. The Balaban J connectivity index is 1.85. The fourth-order valence-electron chi connectivity index (χ4n) is 2.45. The van der Waals surface area contributed by atoms with Crippen molar-refractivity contribution in [3.05, 3.63) is 59.7 Å². The number of carbonyl (C=O) groups is 1. The third-order valence-electron chi connectivity index (χ3n) is 4.00. The topological polar surface area (TPSA) is 83.9 Å². The standard InChI is InChI=1S/C17H15F2NO5S/c18-12-4-7-15(14(19)10-12)25-16(17(21)22)11-2-5-13(6-3-11)26(23,24)20-8-1-9-20/h2-7,10,16H,1,8-9H2,(H,21,22). The summed E-state index contributed by atoms with van der Waals surface area (Å²) in [6, 6.07) is 7.67. The molecule has 1 aliphatic rings. The first kappa shape index (κ1) is 18.3. The van der Waals surface area contributed by atoms with Crippen molar-refractivity contribution in [3.8, 4) is 5.75 Å². The predicted molar refractivity (Wildman–Crippen MR) is 87.2 cm³/mol. The molecule has 138 valence electrons. The van der Waals surface area contributed by atoms with Crippen molar-refractivity contribution in [2.75, 3.05) is 13.1 Å². The second-order valence-electron chi connectivity index (χ2n) is 5.74. The van der Waals surface area contributed by atoms with Gasteiger partial charge in [-0.15, -0.1) is 0 Å². The van der Waals surface area contributed by atoms with Crippen LogP contribution in [0.15, 0.2) is 47.4 Å². The van der Waals surface area contributed by atoms with Gasteiger partial charge in [-0.25, -0.2) is 22.0 Å². The molecule has 6 nitrogen and oxygen atoms in total. The van der Waals surface area contributed by atoms with Crippen LogP contribution in [-0.4, -0.2) is 36.9 Å². The normalized spacial score (nSPS) is 15.9. The van der Waals surface area contributed by atoms with Gasteiger partial charge in [0.1, 0.15) is 5.82 Å². The molecule has 1 atom stereocenters. The van der Waals surface area contributed by atoms with E-state index in [9.17, 15) is 27.1 Å². The minimum absolute atomic E-state index is 0.0399. The third-order valence-corrected chi connectivity index (χ3v) is 5.91. The van der Waals surface area contributed by atoms with Crippen LogP contribution in [0.25, 0.3) is 0 Å². The second kappa shape index (κ2) is 7.00. The van der Waals surface area contributed by atoms with Crippen molar-refractivity contribution in [2.45, 2.75) is 17.4 Å². The molecule has 0 spiro atoms. The van der Waals surface area contributed by atoms with Gasteiger partial charge in [0, 0.05) is 24.7 Å².